The molecule has 0 aromatic carbocycles. The quantitative estimate of drug-likeness (QED) is 0.740. The molecule has 60 valence electrons. The maximum Gasteiger partial charge on any atom is 0.346 e. The largest absolute Gasteiger partial charge is 0.477 e. The van der Waals surface area contributed by atoms with Gasteiger partial charge in [-0.3, -0.25) is 0 Å². The summed E-state index contributed by atoms with van der Waals surface area (Å²) < 4.78 is 0. The third kappa shape index (κ3) is 1.60. The molecule has 0 spiro atoms. The number of rotatable bonds is 2. The Balaban J connectivity index is 3.06. The standard InChI is InChI=1S/C8H10O2S/c1-5(2)6-3-4-11-7(6)8(9)10/h3-5H,1-2H3,(H,9,10). The molecule has 1 rings (SSSR count). The number of aromatic carboxylic acids is 1. The van der Waals surface area contributed by atoms with Crippen molar-refractivity contribution in [3.8, 4) is 0 Å². The molecule has 0 aliphatic heterocycles. The van der Waals surface area contributed by atoms with Crippen LogP contribution in [0.3, 0.4) is 0 Å². The SMILES string of the molecule is CC(C)c1ccsc1C(=O)O. The second-order valence-corrected chi connectivity index (χ2v) is 3.58. The van der Waals surface area contributed by atoms with Gasteiger partial charge in [-0.15, -0.1) is 11.3 Å². The normalized spacial score (nSPS) is 10.5. The monoisotopic (exact) mass is 170 g/mol. The summed E-state index contributed by atoms with van der Waals surface area (Å²) in [6.45, 7) is 3.99. The highest BCUT2D eigenvalue weighted by atomic mass is 32.1. The van der Waals surface area contributed by atoms with Crippen LogP contribution in [-0.4, -0.2) is 11.1 Å². The van der Waals surface area contributed by atoms with E-state index in [1.165, 1.54) is 11.3 Å². The molecule has 0 radical (unpaired) electrons. The number of carboxylic acid groups (broad SMARTS) is 1. The predicted molar refractivity (Wildman–Crippen MR) is 45.4 cm³/mol. The molecule has 0 bridgehead atoms. The topological polar surface area (TPSA) is 37.3 Å². The molecule has 0 saturated carbocycles. The fraction of sp³-hybridized carbons (Fsp3) is 0.375. The van der Waals surface area contributed by atoms with E-state index in [0.717, 1.165) is 5.56 Å². The highest BCUT2D eigenvalue weighted by Crippen LogP contribution is 2.24. The van der Waals surface area contributed by atoms with Crippen molar-refractivity contribution < 1.29 is 9.90 Å². The number of carboxylic acids is 1. The van der Waals surface area contributed by atoms with Crippen LogP contribution in [0.15, 0.2) is 11.4 Å². The zero-order valence-electron chi connectivity index (χ0n) is 6.50. The van der Waals surface area contributed by atoms with Gasteiger partial charge in [0.15, 0.2) is 0 Å². The zero-order valence-corrected chi connectivity index (χ0v) is 7.31. The Hall–Kier alpha value is -0.830. The lowest BCUT2D eigenvalue weighted by molar-refractivity contribution is 0.0700. The molecular weight excluding hydrogens is 160 g/mol. The van der Waals surface area contributed by atoms with E-state index in [1.54, 1.807) is 0 Å². The molecule has 11 heavy (non-hydrogen) atoms. The smallest absolute Gasteiger partial charge is 0.346 e. The first kappa shape index (κ1) is 8.27. The molecule has 0 atom stereocenters. The Morgan fingerprint density at radius 2 is 2.27 bits per heavy atom. The minimum atomic E-state index is -0.816. The van der Waals surface area contributed by atoms with Crippen molar-refractivity contribution in [1.82, 2.24) is 0 Å². The summed E-state index contributed by atoms with van der Waals surface area (Å²) in [6.07, 6.45) is 0. The molecule has 0 saturated heterocycles. The molecule has 0 aliphatic rings. The fourth-order valence-corrected chi connectivity index (χ4v) is 1.84. The molecule has 3 heteroatoms. The third-order valence-electron chi connectivity index (χ3n) is 1.51. The van der Waals surface area contributed by atoms with Crippen molar-refractivity contribution in [1.29, 1.82) is 0 Å². The zero-order chi connectivity index (χ0) is 8.43. The van der Waals surface area contributed by atoms with Crippen LogP contribution in [0.4, 0.5) is 0 Å². The van der Waals surface area contributed by atoms with Gasteiger partial charge < -0.3 is 5.11 Å². The van der Waals surface area contributed by atoms with Crippen molar-refractivity contribution in [2.75, 3.05) is 0 Å². The van der Waals surface area contributed by atoms with Gasteiger partial charge in [0.2, 0.25) is 0 Å². The maximum absolute atomic E-state index is 10.6. The van der Waals surface area contributed by atoms with E-state index in [4.69, 9.17) is 5.11 Å². The summed E-state index contributed by atoms with van der Waals surface area (Å²) in [5.41, 5.74) is 0.933. The second-order valence-electron chi connectivity index (χ2n) is 2.66. The van der Waals surface area contributed by atoms with Gasteiger partial charge in [-0.05, 0) is 22.9 Å². The van der Waals surface area contributed by atoms with Crippen LogP contribution < -0.4 is 0 Å². The first-order chi connectivity index (χ1) is 5.13. The number of hydrogen-bond acceptors (Lipinski definition) is 2. The molecular formula is C8H10O2S. The van der Waals surface area contributed by atoms with Crippen LogP contribution >= 0.6 is 11.3 Å². The van der Waals surface area contributed by atoms with E-state index < -0.39 is 5.97 Å². The molecule has 0 fully saturated rings. The first-order valence-corrected chi connectivity index (χ1v) is 4.31. The van der Waals surface area contributed by atoms with Gasteiger partial charge >= 0.3 is 5.97 Å². The third-order valence-corrected chi connectivity index (χ3v) is 2.43. The first-order valence-electron chi connectivity index (χ1n) is 3.43. The Labute approximate surface area is 69.5 Å². The minimum absolute atomic E-state index is 0.298. The van der Waals surface area contributed by atoms with Gasteiger partial charge in [-0.1, -0.05) is 13.8 Å². The van der Waals surface area contributed by atoms with Crippen LogP contribution in [0, 0.1) is 0 Å². The number of carbonyl (C=O) groups is 1. The van der Waals surface area contributed by atoms with Crippen LogP contribution in [0.25, 0.3) is 0 Å². The van der Waals surface area contributed by atoms with E-state index >= 15 is 0 Å². The van der Waals surface area contributed by atoms with Gasteiger partial charge in [-0.2, -0.15) is 0 Å². The highest BCUT2D eigenvalue weighted by molar-refractivity contribution is 7.12. The summed E-state index contributed by atoms with van der Waals surface area (Å²) in [5, 5.41) is 10.5. The average molecular weight is 170 g/mol. The molecule has 0 aliphatic carbocycles. The highest BCUT2D eigenvalue weighted by Gasteiger charge is 2.13. The molecule has 1 aromatic heterocycles. The van der Waals surface area contributed by atoms with Crippen LogP contribution in [-0.2, 0) is 0 Å². The number of hydrogen-bond donors (Lipinski definition) is 1. The molecule has 0 amide bonds. The Morgan fingerprint density at radius 1 is 1.64 bits per heavy atom. The molecule has 1 N–H and O–H groups in total. The van der Waals surface area contributed by atoms with E-state index in [2.05, 4.69) is 0 Å². The Morgan fingerprint density at radius 3 is 2.64 bits per heavy atom. The second kappa shape index (κ2) is 3.05. The summed E-state index contributed by atoms with van der Waals surface area (Å²) in [4.78, 5) is 11.1. The Bertz CT molecular complexity index is 263. The van der Waals surface area contributed by atoms with Crippen LogP contribution in [0.5, 0.6) is 0 Å². The lowest BCUT2D eigenvalue weighted by Gasteiger charge is -2.01. The van der Waals surface area contributed by atoms with Crippen molar-refractivity contribution in [3.63, 3.8) is 0 Å². The predicted octanol–water partition coefficient (Wildman–Crippen LogP) is 2.57. The maximum atomic E-state index is 10.6. The lowest BCUT2D eigenvalue weighted by atomic mass is 10.1. The van der Waals surface area contributed by atoms with Crippen LogP contribution in [0.2, 0.25) is 0 Å². The molecule has 1 heterocycles. The summed E-state index contributed by atoms with van der Waals surface area (Å²) in [7, 11) is 0. The van der Waals surface area contributed by atoms with Gasteiger partial charge in [0.25, 0.3) is 0 Å². The molecule has 2 nitrogen and oxygen atoms in total. The van der Waals surface area contributed by atoms with Gasteiger partial charge in [0.1, 0.15) is 4.88 Å². The molecule has 1 aromatic rings. The number of thiophene rings is 1. The molecule has 0 unspecified atom stereocenters. The van der Waals surface area contributed by atoms with Gasteiger partial charge in [-0.25, -0.2) is 4.79 Å². The minimum Gasteiger partial charge on any atom is -0.477 e. The van der Waals surface area contributed by atoms with Crippen molar-refractivity contribution in [3.05, 3.63) is 21.9 Å². The lowest BCUT2D eigenvalue weighted by Crippen LogP contribution is -1.98. The van der Waals surface area contributed by atoms with E-state index in [9.17, 15) is 4.79 Å². The fourth-order valence-electron chi connectivity index (χ4n) is 0.948. The van der Waals surface area contributed by atoms with Crippen molar-refractivity contribution in [2.24, 2.45) is 0 Å². The summed E-state index contributed by atoms with van der Waals surface area (Å²) in [6, 6.07) is 1.87. The van der Waals surface area contributed by atoms with Crippen molar-refractivity contribution >= 4 is 17.3 Å². The van der Waals surface area contributed by atoms with Crippen molar-refractivity contribution in [2.45, 2.75) is 19.8 Å². The van der Waals surface area contributed by atoms with E-state index in [-0.39, 0.29) is 0 Å². The van der Waals surface area contributed by atoms with E-state index in [1.807, 2.05) is 25.3 Å². The average Bonchev–Trinajstić information content (AvgIpc) is 2.32. The summed E-state index contributed by atoms with van der Waals surface area (Å²) >= 11 is 1.29. The van der Waals surface area contributed by atoms with Gasteiger partial charge in [0, 0.05) is 0 Å². The van der Waals surface area contributed by atoms with E-state index in [0.29, 0.717) is 10.8 Å². The van der Waals surface area contributed by atoms with Gasteiger partial charge in [0.05, 0.1) is 0 Å². The van der Waals surface area contributed by atoms with Crippen LogP contribution in [0.1, 0.15) is 35.0 Å². The summed E-state index contributed by atoms with van der Waals surface area (Å²) in [5.74, 6) is -0.518. The Kier molecular flexibility index (Phi) is 2.29.